The summed E-state index contributed by atoms with van der Waals surface area (Å²) in [6.07, 6.45) is 3.03. The number of rotatable bonds is 4. The van der Waals surface area contributed by atoms with Gasteiger partial charge in [-0.25, -0.2) is 0 Å². The van der Waals surface area contributed by atoms with Crippen molar-refractivity contribution in [3.8, 4) is 0 Å². The molecule has 23 heavy (non-hydrogen) atoms. The molecule has 0 spiro atoms. The topological polar surface area (TPSA) is 110 Å². The second-order valence-electron chi connectivity index (χ2n) is 5.49. The van der Waals surface area contributed by atoms with E-state index in [1.54, 1.807) is 13.0 Å². The molecule has 1 fully saturated rings. The molecule has 122 valence electrons. The van der Waals surface area contributed by atoms with E-state index >= 15 is 0 Å². The van der Waals surface area contributed by atoms with E-state index in [4.69, 9.17) is 9.26 Å². The second-order valence-corrected chi connectivity index (χ2v) is 5.49. The predicted octanol–water partition coefficient (Wildman–Crippen LogP) is 0.964. The average Bonchev–Trinajstić information content (AvgIpc) is 3.00. The average molecular weight is 318 g/mol. The van der Waals surface area contributed by atoms with Gasteiger partial charge in [-0.1, -0.05) is 5.16 Å². The van der Waals surface area contributed by atoms with E-state index in [2.05, 4.69) is 20.4 Å². The summed E-state index contributed by atoms with van der Waals surface area (Å²) in [6.45, 7) is 2.96. The van der Waals surface area contributed by atoms with E-state index in [1.807, 2.05) is 0 Å². The lowest BCUT2D eigenvalue weighted by molar-refractivity contribution is 0.0467. The Labute approximate surface area is 132 Å². The summed E-state index contributed by atoms with van der Waals surface area (Å²) >= 11 is 0. The first-order valence-electron chi connectivity index (χ1n) is 7.51. The fourth-order valence-electron chi connectivity index (χ4n) is 2.69. The van der Waals surface area contributed by atoms with Crippen molar-refractivity contribution < 1.29 is 14.1 Å². The van der Waals surface area contributed by atoms with Crippen molar-refractivity contribution in [2.45, 2.75) is 25.8 Å². The van der Waals surface area contributed by atoms with Crippen LogP contribution in [0.4, 0.5) is 0 Å². The molecule has 8 nitrogen and oxygen atoms in total. The Morgan fingerprint density at radius 3 is 2.87 bits per heavy atom. The highest BCUT2D eigenvalue weighted by molar-refractivity contribution is 5.93. The Bertz CT molecular complexity index is 733. The molecule has 3 heterocycles. The predicted molar refractivity (Wildman–Crippen MR) is 79.8 cm³/mol. The van der Waals surface area contributed by atoms with Crippen molar-refractivity contribution in [2.75, 3.05) is 13.2 Å². The maximum Gasteiger partial charge on any atom is 0.260 e. The number of ether oxygens (including phenoxy) is 1. The maximum absolute atomic E-state index is 12.4. The van der Waals surface area contributed by atoms with E-state index < -0.39 is 17.5 Å². The minimum atomic E-state index is -0.459. The molecule has 2 aromatic heterocycles. The molecule has 0 aromatic carbocycles. The third-order valence-corrected chi connectivity index (χ3v) is 3.90. The Kier molecular flexibility index (Phi) is 4.52. The summed E-state index contributed by atoms with van der Waals surface area (Å²) in [5.41, 5.74) is -0.377. The van der Waals surface area contributed by atoms with Gasteiger partial charge in [-0.3, -0.25) is 9.59 Å². The molecule has 3 rings (SSSR count). The summed E-state index contributed by atoms with van der Waals surface area (Å²) in [7, 11) is 0. The number of H-pyrrole nitrogens is 1. The molecular weight excluding hydrogens is 300 g/mol. The second kappa shape index (κ2) is 6.74. The Morgan fingerprint density at radius 1 is 1.43 bits per heavy atom. The third-order valence-electron chi connectivity index (χ3n) is 3.90. The lowest BCUT2D eigenvalue weighted by Gasteiger charge is -2.28. The monoisotopic (exact) mass is 318 g/mol. The van der Waals surface area contributed by atoms with Crippen LogP contribution in [0.2, 0.25) is 0 Å². The number of amides is 1. The summed E-state index contributed by atoms with van der Waals surface area (Å²) in [4.78, 5) is 30.9. The van der Waals surface area contributed by atoms with Crippen LogP contribution in [0, 0.1) is 12.8 Å². The smallest absolute Gasteiger partial charge is 0.260 e. The van der Waals surface area contributed by atoms with Crippen LogP contribution in [-0.4, -0.2) is 34.2 Å². The zero-order valence-electron chi connectivity index (χ0n) is 12.7. The number of nitrogens with zero attached hydrogens (tertiary/aromatic N) is 2. The SMILES string of the molecule is Cc1noc(C(NC(=O)c2ccc[nH]c2=O)C2CCOCC2)n1. The fourth-order valence-corrected chi connectivity index (χ4v) is 2.69. The van der Waals surface area contributed by atoms with Gasteiger partial charge in [0.05, 0.1) is 0 Å². The van der Waals surface area contributed by atoms with Crippen LogP contribution in [0.1, 0.15) is 41.0 Å². The molecule has 0 aliphatic carbocycles. The van der Waals surface area contributed by atoms with Gasteiger partial charge in [0.1, 0.15) is 11.6 Å². The van der Waals surface area contributed by atoms with Crippen LogP contribution in [0.5, 0.6) is 0 Å². The summed E-state index contributed by atoms with van der Waals surface area (Å²) in [5.74, 6) is 0.522. The zero-order chi connectivity index (χ0) is 16.2. The number of pyridine rings is 1. The van der Waals surface area contributed by atoms with Gasteiger partial charge in [-0.05, 0) is 37.8 Å². The molecule has 1 aliphatic heterocycles. The summed E-state index contributed by atoms with van der Waals surface area (Å²) in [5, 5.41) is 6.66. The number of hydrogen-bond acceptors (Lipinski definition) is 6. The highest BCUT2D eigenvalue weighted by Crippen LogP contribution is 2.29. The molecule has 8 heteroatoms. The Hall–Kier alpha value is -2.48. The molecule has 0 saturated carbocycles. The van der Waals surface area contributed by atoms with E-state index in [0.717, 1.165) is 12.8 Å². The van der Waals surface area contributed by atoms with Gasteiger partial charge in [-0.15, -0.1) is 0 Å². The minimum absolute atomic E-state index is 0.0563. The van der Waals surface area contributed by atoms with Crippen molar-refractivity contribution in [1.29, 1.82) is 0 Å². The quantitative estimate of drug-likeness (QED) is 0.869. The number of nitrogens with one attached hydrogen (secondary N) is 2. The Morgan fingerprint density at radius 2 is 2.22 bits per heavy atom. The van der Waals surface area contributed by atoms with E-state index in [1.165, 1.54) is 12.3 Å². The van der Waals surface area contributed by atoms with Gasteiger partial charge < -0.3 is 19.6 Å². The maximum atomic E-state index is 12.4. The molecule has 2 N–H and O–H groups in total. The molecule has 1 atom stereocenters. The number of carbonyl (C=O) groups is 1. The zero-order valence-corrected chi connectivity index (χ0v) is 12.7. The van der Waals surface area contributed by atoms with Crippen LogP contribution in [0.3, 0.4) is 0 Å². The summed E-state index contributed by atoms with van der Waals surface area (Å²) < 4.78 is 10.6. The van der Waals surface area contributed by atoms with Crippen LogP contribution in [0.25, 0.3) is 0 Å². The van der Waals surface area contributed by atoms with Crippen molar-refractivity contribution in [2.24, 2.45) is 5.92 Å². The van der Waals surface area contributed by atoms with E-state index in [9.17, 15) is 9.59 Å². The molecule has 0 radical (unpaired) electrons. The van der Waals surface area contributed by atoms with Crippen LogP contribution in [-0.2, 0) is 4.74 Å². The molecule has 1 aliphatic rings. The molecule has 2 aromatic rings. The van der Waals surface area contributed by atoms with Gasteiger partial charge in [0.25, 0.3) is 11.5 Å². The van der Waals surface area contributed by atoms with Crippen molar-refractivity contribution in [3.05, 3.63) is 46.0 Å². The van der Waals surface area contributed by atoms with Gasteiger partial charge in [0.15, 0.2) is 5.82 Å². The lowest BCUT2D eigenvalue weighted by Crippen LogP contribution is -2.38. The normalized spacial score (nSPS) is 16.9. The third kappa shape index (κ3) is 3.48. The largest absolute Gasteiger partial charge is 0.381 e. The van der Waals surface area contributed by atoms with Gasteiger partial charge in [0, 0.05) is 19.4 Å². The first kappa shape index (κ1) is 15.4. The van der Waals surface area contributed by atoms with Gasteiger partial charge in [0.2, 0.25) is 5.89 Å². The number of hydrogen-bond donors (Lipinski definition) is 2. The number of aryl methyl sites for hydroxylation is 1. The summed E-state index contributed by atoms with van der Waals surface area (Å²) in [6, 6.07) is 2.65. The molecule has 1 amide bonds. The first-order chi connectivity index (χ1) is 11.1. The minimum Gasteiger partial charge on any atom is -0.381 e. The highest BCUT2D eigenvalue weighted by atomic mass is 16.5. The van der Waals surface area contributed by atoms with Crippen molar-refractivity contribution in [1.82, 2.24) is 20.4 Å². The van der Waals surface area contributed by atoms with Crippen molar-refractivity contribution >= 4 is 5.91 Å². The first-order valence-corrected chi connectivity index (χ1v) is 7.51. The van der Waals surface area contributed by atoms with Crippen LogP contribution in [0.15, 0.2) is 27.6 Å². The fraction of sp³-hybridized carbons (Fsp3) is 0.467. The molecule has 1 saturated heterocycles. The molecular formula is C15H18N4O4. The lowest BCUT2D eigenvalue weighted by atomic mass is 9.91. The molecule has 1 unspecified atom stereocenters. The highest BCUT2D eigenvalue weighted by Gasteiger charge is 2.31. The number of aromatic nitrogens is 3. The standard InChI is InChI=1S/C15H18N4O4/c1-9-17-15(23-19-9)12(10-4-7-22-8-5-10)18-14(21)11-3-2-6-16-13(11)20/h2-3,6,10,12H,4-5,7-8H2,1H3,(H,16,20)(H,18,21). The number of carbonyl (C=O) groups excluding carboxylic acids is 1. The van der Waals surface area contributed by atoms with Gasteiger partial charge in [-0.2, -0.15) is 4.98 Å². The molecule has 0 bridgehead atoms. The van der Waals surface area contributed by atoms with Crippen LogP contribution >= 0.6 is 0 Å². The van der Waals surface area contributed by atoms with E-state index in [-0.39, 0.29) is 11.5 Å². The van der Waals surface area contributed by atoms with Crippen LogP contribution < -0.4 is 10.9 Å². The Balaban J connectivity index is 1.85. The van der Waals surface area contributed by atoms with E-state index in [0.29, 0.717) is 24.9 Å². The van der Waals surface area contributed by atoms with Crippen molar-refractivity contribution in [3.63, 3.8) is 0 Å². The number of aromatic amines is 1. The van der Waals surface area contributed by atoms with Gasteiger partial charge >= 0.3 is 0 Å².